The predicted octanol–water partition coefficient (Wildman–Crippen LogP) is 5.95. The third kappa shape index (κ3) is 6.55. The summed E-state index contributed by atoms with van der Waals surface area (Å²) in [6, 6.07) is 19.0. The van der Waals surface area contributed by atoms with Crippen LogP contribution in [0.5, 0.6) is 5.88 Å². The van der Waals surface area contributed by atoms with E-state index < -0.39 is 29.6 Å². The van der Waals surface area contributed by atoms with Gasteiger partial charge in [-0.25, -0.2) is 9.37 Å². The lowest BCUT2D eigenvalue weighted by molar-refractivity contribution is -0.198. The van der Waals surface area contributed by atoms with E-state index in [1.165, 1.54) is 48.5 Å². The number of carboxylic acids is 1. The van der Waals surface area contributed by atoms with Crippen LogP contribution in [0.1, 0.15) is 30.6 Å². The van der Waals surface area contributed by atoms with Gasteiger partial charge in [-0.05, 0) is 35.2 Å². The van der Waals surface area contributed by atoms with Crippen molar-refractivity contribution < 1.29 is 32.2 Å². The van der Waals surface area contributed by atoms with Crippen LogP contribution in [-0.4, -0.2) is 32.8 Å². The summed E-state index contributed by atoms with van der Waals surface area (Å²) in [6.45, 7) is 1.68. The van der Waals surface area contributed by atoms with Gasteiger partial charge in [0.15, 0.2) is 0 Å². The SMILES string of the molecule is CC[C@](N)(Cc1ccc(-c2cc(OC(c3ccc(-c4cccc(F)c4)cc3)C(F)(F)F)nc(N)n2)cc1)C(=O)O. The molecule has 0 aliphatic carbocycles. The molecule has 0 aliphatic heterocycles. The fourth-order valence-corrected chi connectivity index (χ4v) is 4.12. The van der Waals surface area contributed by atoms with E-state index in [0.29, 0.717) is 22.3 Å². The van der Waals surface area contributed by atoms with Gasteiger partial charge >= 0.3 is 12.1 Å². The summed E-state index contributed by atoms with van der Waals surface area (Å²) in [7, 11) is 0. The van der Waals surface area contributed by atoms with Crippen LogP contribution >= 0.6 is 0 Å². The number of nitrogens with two attached hydrogens (primary N) is 2. The van der Waals surface area contributed by atoms with Crippen molar-refractivity contribution in [3.8, 4) is 28.3 Å². The highest BCUT2D eigenvalue weighted by molar-refractivity contribution is 5.79. The molecule has 4 aromatic rings. The molecule has 0 saturated heterocycles. The number of carbonyl (C=O) groups is 1. The van der Waals surface area contributed by atoms with Gasteiger partial charge in [-0.15, -0.1) is 0 Å². The summed E-state index contributed by atoms with van der Waals surface area (Å²) in [5, 5.41) is 9.41. The van der Waals surface area contributed by atoms with Gasteiger partial charge in [0.25, 0.3) is 0 Å². The third-order valence-corrected chi connectivity index (χ3v) is 6.45. The van der Waals surface area contributed by atoms with E-state index in [9.17, 15) is 27.5 Å². The second kappa shape index (κ2) is 11.3. The van der Waals surface area contributed by atoms with Gasteiger partial charge < -0.3 is 21.3 Å². The Hall–Kier alpha value is -4.51. The minimum Gasteiger partial charge on any atom is -0.480 e. The lowest BCUT2D eigenvalue weighted by atomic mass is 9.89. The van der Waals surface area contributed by atoms with Gasteiger partial charge in [-0.2, -0.15) is 18.2 Å². The molecule has 3 aromatic carbocycles. The largest absolute Gasteiger partial charge is 0.480 e. The maximum Gasteiger partial charge on any atom is 0.429 e. The quantitative estimate of drug-likeness (QED) is 0.219. The Morgan fingerprint density at radius 1 is 0.950 bits per heavy atom. The van der Waals surface area contributed by atoms with Crippen molar-refractivity contribution >= 4 is 11.9 Å². The van der Waals surface area contributed by atoms with Gasteiger partial charge in [0.05, 0.1) is 5.69 Å². The normalized spacial score (nSPS) is 13.8. The van der Waals surface area contributed by atoms with Crippen molar-refractivity contribution in [3.63, 3.8) is 0 Å². The van der Waals surface area contributed by atoms with Crippen molar-refractivity contribution in [1.82, 2.24) is 9.97 Å². The number of anilines is 1. The summed E-state index contributed by atoms with van der Waals surface area (Å²) in [5.41, 5.74) is 12.6. The first kappa shape index (κ1) is 28.5. The first-order valence-electron chi connectivity index (χ1n) is 12.2. The maximum absolute atomic E-state index is 14.1. The van der Waals surface area contributed by atoms with Crippen LogP contribution < -0.4 is 16.2 Å². The molecule has 0 amide bonds. The van der Waals surface area contributed by atoms with Gasteiger partial charge in [0, 0.05) is 23.6 Å². The zero-order chi connectivity index (χ0) is 29.1. The topological polar surface area (TPSA) is 124 Å². The molecule has 1 heterocycles. The Morgan fingerprint density at radius 3 is 2.17 bits per heavy atom. The second-order valence-corrected chi connectivity index (χ2v) is 9.31. The number of nitrogen functional groups attached to an aromatic ring is 1. The van der Waals surface area contributed by atoms with Gasteiger partial charge in [0.2, 0.25) is 17.9 Å². The molecule has 5 N–H and O–H groups in total. The summed E-state index contributed by atoms with van der Waals surface area (Å²) < 4.78 is 61.0. The molecule has 11 heteroatoms. The standard InChI is InChI=1S/C29H26F4N4O3/c1-2-28(35,26(38)39)16-17-6-8-19(9-7-17)23-15-24(37-27(34)36-23)40-25(29(31,32)33)20-12-10-18(11-13-20)21-4-3-5-22(30)14-21/h3-15,25H,2,16,35H2,1H3,(H,38,39)(H2,34,36,37)/t25?,28-/m0/s1. The molecule has 0 bridgehead atoms. The van der Waals surface area contributed by atoms with E-state index in [0.717, 1.165) is 0 Å². The molecular formula is C29H26F4N4O3. The van der Waals surface area contributed by atoms with Crippen LogP contribution in [0.15, 0.2) is 78.9 Å². The second-order valence-electron chi connectivity index (χ2n) is 9.31. The number of aromatic nitrogens is 2. The highest BCUT2D eigenvalue weighted by atomic mass is 19.4. The zero-order valence-corrected chi connectivity index (χ0v) is 21.3. The molecule has 0 saturated carbocycles. The number of hydrogen-bond acceptors (Lipinski definition) is 6. The maximum atomic E-state index is 14.1. The fraction of sp³-hybridized carbons (Fsp3) is 0.207. The molecule has 0 radical (unpaired) electrons. The molecule has 4 rings (SSSR count). The zero-order valence-electron chi connectivity index (χ0n) is 21.3. The number of carboxylic acid groups (broad SMARTS) is 1. The van der Waals surface area contributed by atoms with E-state index >= 15 is 0 Å². The summed E-state index contributed by atoms with van der Waals surface area (Å²) >= 11 is 0. The number of ether oxygens (including phenoxy) is 1. The molecule has 2 atom stereocenters. The van der Waals surface area contributed by atoms with E-state index in [1.807, 2.05) is 0 Å². The predicted molar refractivity (Wildman–Crippen MR) is 142 cm³/mol. The van der Waals surface area contributed by atoms with Gasteiger partial charge in [0.1, 0.15) is 11.4 Å². The van der Waals surface area contributed by atoms with Crippen molar-refractivity contribution in [1.29, 1.82) is 0 Å². The Bertz CT molecular complexity index is 1490. The Labute approximate surface area is 227 Å². The molecule has 0 fully saturated rings. The molecule has 208 valence electrons. The fourth-order valence-electron chi connectivity index (χ4n) is 4.12. The number of rotatable bonds is 9. The van der Waals surface area contributed by atoms with Crippen LogP contribution in [0.2, 0.25) is 0 Å². The molecular weight excluding hydrogens is 528 g/mol. The molecule has 1 aromatic heterocycles. The minimum absolute atomic E-state index is 0.0879. The number of halogens is 4. The van der Waals surface area contributed by atoms with Crippen molar-refractivity contribution in [2.24, 2.45) is 5.73 Å². The summed E-state index contributed by atoms with van der Waals surface area (Å²) in [6.07, 6.45) is -6.84. The van der Waals surface area contributed by atoms with Crippen molar-refractivity contribution in [3.05, 3.63) is 95.8 Å². The minimum atomic E-state index is -4.79. The Morgan fingerprint density at radius 2 is 1.60 bits per heavy atom. The number of benzene rings is 3. The number of hydrogen-bond donors (Lipinski definition) is 3. The first-order chi connectivity index (χ1) is 18.9. The third-order valence-electron chi connectivity index (χ3n) is 6.45. The average molecular weight is 555 g/mol. The Kier molecular flexibility index (Phi) is 8.06. The van der Waals surface area contributed by atoms with E-state index in [-0.39, 0.29) is 35.9 Å². The first-order valence-corrected chi connectivity index (χ1v) is 12.2. The monoisotopic (exact) mass is 554 g/mol. The summed E-state index contributed by atoms with van der Waals surface area (Å²) in [5.74, 6) is -2.26. The molecule has 0 aliphatic rings. The average Bonchev–Trinajstić information content (AvgIpc) is 2.91. The molecule has 40 heavy (non-hydrogen) atoms. The summed E-state index contributed by atoms with van der Waals surface area (Å²) in [4.78, 5) is 19.4. The molecule has 7 nitrogen and oxygen atoms in total. The lowest BCUT2D eigenvalue weighted by Gasteiger charge is -2.23. The lowest BCUT2D eigenvalue weighted by Crippen LogP contribution is -2.49. The number of alkyl halides is 3. The highest BCUT2D eigenvalue weighted by Crippen LogP contribution is 2.38. The number of nitrogens with zero attached hydrogens (tertiary/aromatic N) is 2. The van der Waals surface area contributed by atoms with E-state index in [1.54, 1.807) is 37.3 Å². The van der Waals surface area contributed by atoms with E-state index in [2.05, 4.69) is 9.97 Å². The van der Waals surface area contributed by atoms with Crippen molar-refractivity contribution in [2.75, 3.05) is 5.73 Å². The van der Waals surface area contributed by atoms with Crippen LogP contribution in [0.4, 0.5) is 23.5 Å². The van der Waals surface area contributed by atoms with Crippen LogP contribution in [0, 0.1) is 5.82 Å². The van der Waals surface area contributed by atoms with E-state index in [4.69, 9.17) is 16.2 Å². The van der Waals surface area contributed by atoms with Crippen LogP contribution in [0.3, 0.4) is 0 Å². The Balaban J connectivity index is 1.59. The molecule has 0 spiro atoms. The molecule has 1 unspecified atom stereocenters. The van der Waals surface area contributed by atoms with Gasteiger partial charge in [-0.3, -0.25) is 4.79 Å². The highest BCUT2D eigenvalue weighted by Gasteiger charge is 2.43. The van der Waals surface area contributed by atoms with Crippen LogP contribution in [0.25, 0.3) is 22.4 Å². The smallest absolute Gasteiger partial charge is 0.429 e. The van der Waals surface area contributed by atoms with Crippen molar-refractivity contribution in [2.45, 2.75) is 37.6 Å². The van der Waals surface area contributed by atoms with Gasteiger partial charge in [-0.1, -0.05) is 67.6 Å². The van der Waals surface area contributed by atoms with Crippen LogP contribution in [-0.2, 0) is 11.2 Å². The number of aliphatic carboxylic acids is 1.